The summed E-state index contributed by atoms with van der Waals surface area (Å²) in [6.45, 7) is 29.5. The number of anilines is 5. The molecule has 0 bridgehead atoms. The van der Waals surface area contributed by atoms with E-state index in [9.17, 15) is 0 Å². The number of hydrogen-bond acceptors (Lipinski definition) is 2. The maximum absolute atomic E-state index is 2.79. The minimum atomic E-state index is -2.02. The molecule has 3 heterocycles. The molecular formula is C54H57BN2Si. The molecule has 0 unspecified atom stereocenters. The Kier molecular flexibility index (Phi) is 7.05. The second-order valence-electron chi connectivity index (χ2n) is 21.4. The zero-order chi connectivity index (χ0) is 40.6. The Morgan fingerprint density at radius 2 is 1.10 bits per heavy atom. The highest BCUT2D eigenvalue weighted by Crippen LogP contribution is 2.55. The van der Waals surface area contributed by atoms with Gasteiger partial charge in [-0.3, -0.25) is 0 Å². The molecule has 0 saturated heterocycles. The predicted octanol–water partition coefficient (Wildman–Crippen LogP) is 11.5. The van der Waals surface area contributed by atoms with Gasteiger partial charge < -0.3 is 9.71 Å². The minimum Gasteiger partial charge on any atom is -0.377 e. The first kappa shape index (κ1) is 36.3. The molecule has 0 spiro atoms. The fourth-order valence-corrected chi connectivity index (χ4v) is 15.4. The van der Waals surface area contributed by atoms with Crippen LogP contribution in [0.4, 0.5) is 28.4 Å². The van der Waals surface area contributed by atoms with Crippen LogP contribution in [0.2, 0.25) is 13.1 Å². The SMILES string of the molecule is Cc1cc2c3c(c1)N(c1cc4c(cc1C)C(C)(C)CCC4(C)C)c1cc4c(cc1B3N1c3ccccc3[Si](C)(C)c3cccc-2c31)C(C)(C)c1ccccc1C4(C)C. The van der Waals surface area contributed by atoms with Crippen molar-refractivity contribution in [3.05, 3.63) is 148 Å². The van der Waals surface area contributed by atoms with Gasteiger partial charge in [-0.1, -0.05) is 147 Å². The molecule has 0 atom stereocenters. The maximum Gasteiger partial charge on any atom is 0.333 e. The molecule has 290 valence electrons. The lowest BCUT2D eigenvalue weighted by Crippen LogP contribution is -2.68. The summed E-state index contributed by atoms with van der Waals surface area (Å²) in [7, 11) is -2.02. The molecule has 6 aromatic carbocycles. The summed E-state index contributed by atoms with van der Waals surface area (Å²) in [4.78, 5) is 5.51. The van der Waals surface area contributed by atoms with Crippen molar-refractivity contribution in [2.45, 2.75) is 117 Å². The zero-order valence-electron chi connectivity index (χ0n) is 36.7. The van der Waals surface area contributed by atoms with E-state index in [4.69, 9.17) is 0 Å². The van der Waals surface area contributed by atoms with Crippen LogP contribution in [0.1, 0.15) is 113 Å². The molecular weight excluding hydrogens is 716 g/mol. The largest absolute Gasteiger partial charge is 0.377 e. The predicted molar refractivity (Wildman–Crippen MR) is 252 cm³/mol. The lowest BCUT2D eigenvalue weighted by Gasteiger charge is -2.52. The fourth-order valence-electron chi connectivity index (χ4n) is 12.4. The van der Waals surface area contributed by atoms with Gasteiger partial charge in [-0.15, -0.1) is 0 Å². The van der Waals surface area contributed by atoms with Crippen LogP contribution < -0.4 is 31.0 Å². The van der Waals surface area contributed by atoms with Crippen LogP contribution in [-0.2, 0) is 21.7 Å². The average Bonchev–Trinajstić information content (AvgIpc) is 3.18. The van der Waals surface area contributed by atoms with Gasteiger partial charge in [0.25, 0.3) is 0 Å². The molecule has 2 nitrogen and oxygen atoms in total. The molecule has 5 aliphatic rings. The summed E-state index contributed by atoms with van der Waals surface area (Å²) >= 11 is 0. The molecule has 4 heteroatoms. The fraction of sp³-hybridized carbons (Fsp3) is 0.333. The molecule has 0 amide bonds. The second kappa shape index (κ2) is 11.3. The van der Waals surface area contributed by atoms with E-state index in [2.05, 4.69) is 195 Å². The van der Waals surface area contributed by atoms with Crippen molar-refractivity contribution in [1.29, 1.82) is 0 Å². The van der Waals surface area contributed by atoms with Gasteiger partial charge in [0.15, 0.2) is 0 Å². The average molecular weight is 773 g/mol. The molecule has 0 aromatic heterocycles. The highest BCUT2D eigenvalue weighted by Gasteiger charge is 2.52. The molecule has 2 aliphatic carbocycles. The van der Waals surface area contributed by atoms with E-state index in [-0.39, 0.29) is 28.5 Å². The Bertz CT molecular complexity index is 2820. The first-order chi connectivity index (χ1) is 27.4. The number of rotatable bonds is 1. The van der Waals surface area contributed by atoms with Crippen molar-refractivity contribution in [3.8, 4) is 11.1 Å². The third-order valence-corrected chi connectivity index (χ3v) is 19.4. The zero-order valence-corrected chi connectivity index (χ0v) is 37.7. The van der Waals surface area contributed by atoms with E-state index in [0.29, 0.717) is 0 Å². The molecule has 6 aromatic rings. The summed E-state index contributed by atoms with van der Waals surface area (Å²) < 4.78 is 0. The van der Waals surface area contributed by atoms with Crippen LogP contribution in [-0.4, -0.2) is 14.9 Å². The van der Waals surface area contributed by atoms with Gasteiger partial charge in [-0.05, 0) is 133 Å². The first-order valence-corrected chi connectivity index (χ1v) is 24.8. The van der Waals surface area contributed by atoms with Crippen molar-refractivity contribution in [2.75, 3.05) is 9.71 Å². The lowest BCUT2D eigenvalue weighted by atomic mass is 9.42. The quantitative estimate of drug-likeness (QED) is 0.154. The number of aryl methyl sites for hydroxylation is 2. The molecule has 3 aliphatic heterocycles. The van der Waals surface area contributed by atoms with Crippen molar-refractivity contribution in [3.63, 3.8) is 0 Å². The van der Waals surface area contributed by atoms with Crippen LogP contribution >= 0.6 is 0 Å². The van der Waals surface area contributed by atoms with Gasteiger partial charge in [0.1, 0.15) is 8.07 Å². The van der Waals surface area contributed by atoms with Gasteiger partial charge >= 0.3 is 6.85 Å². The Morgan fingerprint density at radius 3 is 1.79 bits per heavy atom. The minimum absolute atomic E-state index is 0.0199. The second-order valence-corrected chi connectivity index (χ2v) is 25.7. The van der Waals surface area contributed by atoms with Crippen molar-refractivity contribution >= 4 is 64.7 Å². The van der Waals surface area contributed by atoms with E-state index in [1.165, 1.54) is 113 Å². The van der Waals surface area contributed by atoms with Gasteiger partial charge in [0.2, 0.25) is 0 Å². The van der Waals surface area contributed by atoms with Crippen molar-refractivity contribution < 1.29 is 0 Å². The Morgan fingerprint density at radius 1 is 0.517 bits per heavy atom. The Hall–Kier alpha value is -4.80. The van der Waals surface area contributed by atoms with Crippen molar-refractivity contribution in [2.24, 2.45) is 0 Å². The van der Waals surface area contributed by atoms with Crippen LogP contribution in [0.3, 0.4) is 0 Å². The van der Waals surface area contributed by atoms with E-state index in [1.807, 2.05) is 0 Å². The van der Waals surface area contributed by atoms with Crippen LogP contribution in [0, 0.1) is 13.8 Å². The smallest absolute Gasteiger partial charge is 0.333 e. The van der Waals surface area contributed by atoms with E-state index >= 15 is 0 Å². The number of para-hydroxylation sites is 2. The molecule has 0 radical (unpaired) electrons. The number of benzene rings is 6. The van der Waals surface area contributed by atoms with Crippen molar-refractivity contribution in [1.82, 2.24) is 0 Å². The topological polar surface area (TPSA) is 6.48 Å². The summed E-state index contributed by atoms with van der Waals surface area (Å²) in [5, 5.41) is 3.08. The molecule has 0 saturated carbocycles. The van der Waals surface area contributed by atoms with Crippen LogP contribution in [0.25, 0.3) is 11.1 Å². The Balaban J connectivity index is 1.30. The van der Waals surface area contributed by atoms with Gasteiger partial charge in [0, 0.05) is 44.8 Å². The summed E-state index contributed by atoms with van der Waals surface area (Å²) in [5.41, 5.74) is 23.8. The van der Waals surface area contributed by atoms with E-state index < -0.39 is 8.07 Å². The third-order valence-electron chi connectivity index (χ3n) is 15.9. The molecule has 58 heavy (non-hydrogen) atoms. The van der Waals surface area contributed by atoms with Gasteiger partial charge in [-0.25, -0.2) is 0 Å². The lowest BCUT2D eigenvalue weighted by molar-refractivity contribution is 0.332. The highest BCUT2D eigenvalue weighted by atomic mass is 28.3. The normalized spacial score (nSPS) is 19.8. The first-order valence-electron chi connectivity index (χ1n) is 21.8. The highest BCUT2D eigenvalue weighted by molar-refractivity contribution is 7.05. The standard InChI is InChI=1S/C54H57BN2Si/c1-32-26-35-34-18-17-23-48-50(34)57(43-21-15-16-22-47(43)58(48,11)12)55-42-29-40-41(54(9,10)37-20-14-13-19-36(37)53(40,7)8)31-45(42)56(46(27-32)49(35)55)44-30-39-38(28-33(44)2)51(3,4)24-25-52(39,5)6/h13-23,26-31H,24-25H2,1-12H3. The molecule has 0 fully saturated rings. The van der Waals surface area contributed by atoms with Gasteiger partial charge in [-0.2, -0.15) is 0 Å². The molecule has 11 rings (SSSR count). The van der Waals surface area contributed by atoms with E-state index in [0.717, 1.165) is 0 Å². The third kappa shape index (κ3) is 4.45. The monoisotopic (exact) mass is 772 g/mol. The maximum atomic E-state index is 2.79. The van der Waals surface area contributed by atoms with Crippen LogP contribution in [0.5, 0.6) is 0 Å². The summed E-state index contributed by atoms with van der Waals surface area (Å²) in [6, 6.07) is 41.4. The number of fused-ring (bicyclic) bond motifs is 9. The molecule has 0 N–H and O–H groups in total. The number of hydrogen-bond donors (Lipinski definition) is 0. The van der Waals surface area contributed by atoms with Crippen LogP contribution in [0.15, 0.2) is 103 Å². The van der Waals surface area contributed by atoms with E-state index in [1.54, 1.807) is 5.19 Å². The Labute approximate surface area is 348 Å². The van der Waals surface area contributed by atoms with Gasteiger partial charge in [0.05, 0.1) is 0 Å². The summed E-state index contributed by atoms with van der Waals surface area (Å²) in [5.74, 6) is 0. The number of nitrogens with zero attached hydrogens (tertiary/aromatic N) is 2. The summed E-state index contributed by atoms with van der Waals surface area (Å²) in [6.07, 6.45) is 2.40.